The number of hydrogen-bond acceptors (Lipinski definition) is 6. The van der Waals surface area contributed by atoms with Crippen molar-refractivity contribution in [2.24, 2.45) is 0 Å². The van der Waals surface area contributed by atoms with Crippen molar-refractivity contribution in [2.75, 3.05) is 0 Å². The van der Waals surface area contributed by atoms with E-state index < -0.39 is 0 Å². The molecule has 0 aliphatic carbocycles. The quantitative estimate of drug-likeness (QED) is 0.302. The predicted molar refractivity (Wildman–Crippen MR) is 80.0 cm³/mol. The molecule has 18 N–H and O–H groups in total. The van der Waals surface area contributed by atoms with Crippen LogP contribution in [0, 0.1) is 0 Å². The van der Waals surface area contributed by atoms with E-state index in [-0.39, 0.29) is 49.9 Å². The van der Waals surface area contributed by atoms with Gasteiger partial charge in [-0.25, -0.2) is 0 Å². The third-order valence-corrected chi connectivity index (χ3v) is 2.04. The van der Waals surface area contributed by atoms with E-state index in [1.165, 1.54) is 0 Å². The van der Waals surface area contributed by atoms with Gasteiger partial charge in [-0.15, -0.1) is 0 Å². The van der Waals surface area contributed by atoms with Crippen LogP contribution < -0.4 is 10.2 Å². The third kappa shape index (κ3) is 6.96. The summed E-state index contributed by atoms with van der Waals surface area (Å²) in [6.45, 7) is 0. The first-order valence-corrected chi connectivity index (χ1v) is 4.42. The smallest absolute Gasteiger partial charge is 0.457 e. The Labute approximate surface area is 139 Å². The number of rotatable bonds is 2. The van der Waals surface area contributed by atoms with Crippen LogP contribution in [0.3, 0.4) is 0 Å². The van der Waals surface area contributed by atoms with Gasteiger partial charge in [0.05, 0.1) is 0 Å². The molecule has 0 spiro atoms. The number of hydrogen-bond donors (Lipinski definition) is 0. The van der Waals surface area contributed by atoms with Crippen molar-refractivity contribution in [1.29, 1.82) is 0 Å². The zero-order valence-electron chi connectivity index (χ0n) is 11.7. The summed E-state index contributed by atoms with van der Waals surface area (Å²) < 4.78 is 0. The summed E-state index contributed by atoms with van der Waals surface area (Å²) in [5.74, 6) is 0.984. The van der Waals surface area contributed by atoms with E-state index in [1.54, 1.807) is 0 Å². The second kappa shape index (κ2) is 14.6. The Kier molecular flexibility index (Phi) is 20.6. The molecule has 3 aromatic rings. The van der Waals surface area contributed by atoms with Gasteiger partial charge in [0.15, 0.2) is 0 Å². The second-order valence-corrected chi connectivity index (χ2v) is 2.98. The molecule has 1 aromatic carbocycles. The maximum absolute atomic E-state index is 3.75. The molecular formula is C8H22MnN8O6+6. The van der Waals surface area contributed by atoms with Crippen LogP contribution in [0.15, 0.2) is 24.3 Å². The monoisotopic (exact) mass is 381 g/mol. The fourth-order valence-electron chi connectivity index (χ4n) is 1.29. The summed E-state index contributed by atoms with van der Waals surface area (Å²) in [4.78, 5) is 0. The molecule has 0 saturated heterocycles. The van der Waals surface area contributed by atoms with Gasteiger partial charge in [-0.05, 0) is 11.1 Å². The minimum absolute atomic E-state index is 0. The van der Waals surface area contributed by atoms with Crippen molar-refractivity contribution >= 4 is 0 Å². The van der Waals surface area contributed by atoms with E-state index in [1.807, 2.05) is 24.3 Å². The van der Waals surface area contributed by atoms with Crippen LogP contribution in [0.2, 0.25) is 0 Å². The molecule has 0 fully saturated rings. The van der Waals surface area contributed by atoms with Gasteiger partial charge in [0.25, 0.3) is 0 Å². The predicted octanol–water partition coefficient (Wildman–Crippen LogP) is -6.23. The van der Waals surface area contributed by atoms with E-state index >= 15 is 0 Å². The minimum atomic E-state index is 0. The molecule has 2 aromatic heterocycles. The molecule has 0 saturated carbocycles. The van der Waals surface area contributed by atoms with E-state index in [9.17, 15) is 0 Å². The fourth-order valence-corrected chi connectivity index (χ4v) is 1.29. The molecule has 15 heteroatoms. The summed E-state index contributed by atoms with van der Waals surface area (Å²) in [6, 6.07) is 7.35. The molecular weight excluding hydrogens is 359 g/mol. The van der Waals surface area contributed by atoms with Gasteiger partial charge in [0.1, 0.15) is 0 Å². The normalized spacial score (nSPS) is 7.30. The van der Waals surface area contributed by atoms with Gasteiger partial charge in [-0.2, -0.15) is 10.4 Å². The Bertz CT molecular complexity index is 524. The topological polar surface area (TPSA) is 304 Å². The summed E-state index contributed by atoms with van der Waals surface area (Å²) in [5.41, 5.74) is 1.67. The van der Waals surface area contributed by atoms with E-state index in [0.717, 1.165) is 11.1 Å². The van der Waals surface area contributed by atoms with Crippen molar-refractivity contribution in [1.82, 2.24) is 41.2 Å². The van der Waals surface area contributed by atoms with Crippen molar-refractivity contribution in [3.63, 3.8) is 0 Å². The molecule has 0 amide bonds. The Morgan fingerprint density at radius 2 is 0.870 bits per heavy atom. The second-order valence-electron chi connectivity index (χ2n) is 2.98. The Morgan fingerprint density at radius 3 is 1.09 bits per heavy atom. The Balaban J connectivity index is -0.000000154. The van der Waals surface area contributed by atoms with Gasteiger partial charge in [0, 0.05) is 11.6 Å². The fraction of sp³-hybridized carbons (Fsp3) is 0. The minimum Gasteiger partial charge on any atom is -0.457 e. The molecule has 1 radical (unpaired) electrons. The largest absolute Gasteiger partial charge is 2.00 e. The average Bonchev–Trinajstić information content (AvgIpc) is 3.03. The first-order valence-electron chi connectivity index (χ1n) is 4.42. The standard InChI is InChI=1S/C8H4N8.Mn.6H2O/c1-2-6(8-11-15-16-12-8)4-3-5(1)7-9-13-14-10-7;;;;;;;/h1-4H;;6*1H2/q-2;+2;;;;;;/p+6. The maximum Gasteiger partial charge on any atom is 2.00 e. The molecule has 0 aliphatic rings. The van der Waals surface area contributed by atoms with Gasteiger partial charge in [0.2, 0.25) is 0 Å². The number of aromatic nitrogens is 8. The molecule has 23 heavy (non-hydrogen) atoms. The zero-order valence-corrected chi connectivity index (χ0v) is 12.9. The molecule has 2 heterocycles. The van der Waals surface area contributed by atoms with Crippen molar-refractivity contribution < 1.29 is 49.9 Å². The van der Waals surface area contributed by atoms with E-state index in [0.29, 0.717) is 11.6 Å². The van der Waals surface area contributed by atoms with Gasteiger partial charge in [-0.1, -0.05) is 24.3 Å². The Hall–Kier alpha value is -2.36. The third-order valence-electron chi connectivity index (χ3n) is 2.04. The van der Waals surface area contributed by atoms with Crippen molar-refractivity contribution in [3.05, 3.63) is 24.3 Å². The van der Waals surface area contributed by atoms with Crippen LogP contribution in [-0.4, -0.2) is 31.1 Å². The zero-order chi connectivity index (χ0) is 10.8. The number of nitrogens with zero attached hydrogens (tertiary/aromatic N) is 8. The van der Waals surface area contributed by atoms with Gasteiger partial charge >= 0.3 is 17.1 Å². The number of tetrazole rings is 2. The summed E-state index contributed by atoms with van der Waals surface area (Å²) >= 11 is 0. The molecule has 0 atom stereocenters. The van der Waals surface area contributed by atoms with E-state index in [4.69, 9.17) is 0 Å². The summed E-state index contributed by atoms with van der Waals surface area (Å²) in [7, 11) is 0. The molecule has 131 valence electrons. The van der Waals surface area contributed by atoms with Crippen molar-refractivity contribution in [3.8, 4) is 22.8 Å². The van der Waals surface area contributed by atoms with Crippen LogP contribution >= 0.6 is 0 Å². The van der Waals surface area contributed by atoms with Crippen LogP contribution in [0.4, 0.5) is 0 Å². The first kappa shape index (κ1) is 32.5. The molecule has 3 rings (SSSR count). The van der Waals surface area contributed by atoms with Crippen molar-refractivity contribution in [2.45, 2.75) is 0 Å². The molecule has 0 unspecified atom stereocenters. The number of benzene rings is 1. The summed E-state index contributed by atoms with van der Waals surface area (Å²) in [6.07, 6.45) is 0. The van der Waals surface area contributed by atoms with Crippen LogP contribution in [0.1, 0.15) is 0 Å². The summed E-state index contributed by atoms with van der Waals surface area (Å²) in [5, 5.41) is 28.7. The molecule has 14 nitrogen and oxygen atoms in total. The SMILES string of the molecule is [Mn+2].[OH3+].[OH3+].[OH3+].[OH3+].[OH3+].[OH3+].c1cc(-c2nnn[n-]2)ccc1-c1nnn[n-]1. The average molecular weight is 381 g/mol. The van der Waals surface area contributed by atoms with Crippen LogP contribution in [-0.2, 0) is 49.9 Å². The molecule has 0 bridgehead atoms. The van der Waals surface area contributed by atoms with Crippen LogP contribution in [0.5, 0.6) is 0 Å². The first-order chi connectivity index (χ1) is 7.93. The van der Waals surface area contributed by atoms with Gasteiger partial charge in [-0.3, -0.25) is 20.6 Å². The van der Waals surface area contributed by atoms with E-state index in [2.05, 4.69) is 41.2 Å². The Morgan fingerprint density at radius 1 is 0.565 bits per heavy atom. The maximum atomic E-state index is 3.75. The van der Waals surface area contributed by atoms with Crippen LogP contribution in [0.25, 0.3) is 22.8 Å². The van der Waals surface area contributed by atoms with Gasteiger partial charge < -0.3 is 43.1 Å². The molecule has 0 aliphatic heterocycles.